The molecule has 0 unspecified atom stereocenters. The Morgan fingerprint density at radius 3 is 2.67 bits per heavy atom. The fourth-order valence-electron chi connectivity index (χ4n) is 1.27. The van der Waals surface area contributed by atoms with Gasteiger partial charge < -0.3 is 0 Å². The quantitative estimate of drug-likeness (QED) is 0.742. The summed E-state index contributed by atoms with van der Waals surface area (Å²) in [5.74, 6) is 0.0858. The van der Waals surface area contributed by atoms with Crippen molar-refractivity contribution in [3.63, 3.8) is 0 Å². The third kappa shape index (κ3) is 2.47. The number of hydrogen-bond donors (Lipinski definition) is 0. The van der Waals surface area contributed by atoms with Crippen LogP contribution in [0.25, 0.3) is 0 Å². The van der Waals surface area contributed by atoms with Crippen LogP contribution in [0.2, 0.25) is 0 Å². The number of carbonyl (C=O) groups is 1. The highest BCUT2D eigenvalue weighted by molar-refractivity contribution is 7.03. The molecule has 0 amide bonds. The van der Waals surface area contributed by atoms with Gasteiger partial charge in [-0.3, -0.25) is 4.79 Å². The Balaban J connectivity index is 2.11. The summed E-state index contributed by atoms with van der Waals surface area (Å²) in [6, 6.07) is 7.56. The van der Waals surface area contributed by atoms with E-state index in [2.05, 4.69) is 9.59 Å². The van der Waals surface area contributed by atoms with Crippen molar-refractivity contribution in [1.82, 2.24) is 9.59 Å². The molecule has 1 aromatic heterocycles. The van der Waals surface area contributed by atoms with Crippen molar-refractivity contribution in [3.8, 4) is 0 Å². The molecule has 4 heteroatoms. The fourth-order valence-corrected chi connectivity index (χ4v) is 1.72. The number of hydrogen-bond acceptors (Lipinski definition) is 4. The zero-order valence-corrected chi connectivity index (χ0v) is 9.12. The lowest BCUT2D eigenvalue weighted by molar-refractivity contribution is 0.0992. The Bertz CT molecular complexity index is 448. The second-order valence-corrected chi connectivity index (χ2v) is 3.97. The molecule has 0 saturated heterocycles. The highest BCUT2D eigenvalue weighted by Crippen LogP contribution is 2.08. The highest BCUT2D eigenvalue weighted by Gasteiger charge is 2.08. The van der Waals surface area contributed by atoms with E-state index in [9.17, 15) is 4.79 Å². The minimum Gasteiger partial charge on any atom is -0.294 e. The summed E-state index contributed by atoms with van der Waals surface area (Å²) in [5, 5.41) is 5.64. The summed E-state index contributed by atoms with van der Waals surface area (Å²) < 4.78 is 3.72. The van der Waals surface area contributed by atoms with E-state index in [-0.39, 0.29) is 5.78 Å². The Hall–Kier alpha value is -1.55. The lowest BCUT2D eigenvalue weighted by atomic mass is 10.1. The first-order valence-corrected chi connectivity index (χ1v) is 5.45. The summed E-state index contributed by atoms with van der Waals surface area (Å²) in [6.07, 6.45) is 0.333. The molecule has 0 aliphatic rings. The van der Waals surface area contributed by atoms with Gasteiger partial charge >= 0.3 is 0 Å². The van der Waals surface area contributed by atoms with E-state index in [1.165, 1.54) is 11.5 Å². The summed E-state index contributed by atoms with van der Waals surface area (Å²) in [6.45, 7) is 2.00. The third-order valence-electron chi connectivity index (χ3n) is 2.12. The first-order chi connectivity index (χ1) is 7.25. The number of rotatable bonds is 3. The number of benzene rings is 1. The molecular formula is C11H10N2OS. The molecule has 0 aliphatic carbocycles. The topological polar surface area (TPSA) is 42.9 Å². The number of aromatic nitrogens is 2. The summed E-state index contributed by atoms with van der Waals surface area (Å²) in [4.78, 5) is 11.8. The van der Waals surface area contributed by atoms with Crippen LogP contribution in [-0.4, -0.2) is 15.4 Å². The van der Waals surface area contributed by atoms with Gasteiger partial charge in [0.05, 0.1) is 12.1 Å². The normalized spacial score (nSPS) is 10.2. The average Bonchev–Trinajstić information content (AvgIpc) is 2.71. The monoisotopic (exact) mass is 218 g/mol. The SMILES string of the molecule is Cc1ccc(C(=O)Cc2csnn2)cc1. The van der Waals surface area contributed by atoms with Crippen LogP contribution in [0.3, 0.4) is 0 Å². The van der Waals surface area contributed by atoms with Crippen LogP contribution in [0.5, 0.6) is 0 Å². The second-order valence-electron chi connectivity index (χ2n) is 3.36. The van der Waals surface area contributed by atoms with Gasteiger partial charge in [-0.05, 0) is 18.5 Å². The molecule has 2 aromatic rings. The largest absolute Gasteiger partial charge is 0.294 e. The molecule has 0 atom stereocenters. The second kappa shape index (κ2) is 4.31. The number of Topliss-reactive ketones (excluding diaryl/α,β-unsaturated/α-hetero) is 1. The molecule has 1 aromatic carbocycles. The summed E-state index contributed by atoms with van der Waals surface area (Å²) >= 11 is 1.27. The smallest absolute Gasteiger partial charge is 0.168 e. The van der Waals surface area contributed by atoms with Crippen molar-refractivity contribution in [2.24, 2.45) is 0 Å². The van der Waals surface area contributed by atoms with Gasteiger partial charge in [0.1, 0.15) is 0 Å². The first-order valence-electron chi connectivity index (χ1n) is 4.61. The van der Waals surface area contributed by atoms with Gasteiger partial charge in [0.25, 0.3) is 0 Å². The van der Waals surface area contributed by atoms with Gasteiger partial charge in [-0.2, -0.15) is 0 Å². The molecule has 0 radical (unpaired) electrons. The minimum absolute atomic E-state index is 0.0858. The standard InChI is InChI=1S/C11H10N2OS/c1-8-2-4-9(5-3-8)11(14)6-10-7-15-13-12-10/h2-5,7H,6H2,1H3. The molecule has 76 valence electrons. The van der Waals surface area contributed by atoms with Gasteiger partial charge in [-0.15, -0.1) is 5.10 Å². The molecule has 1 heterocycles. The minimum atomic E-state index is 0.0858. The first kappa shape index (κ1) is 9.98. The molecule has 3 nitrogen and oxygen atoms in total. The predicted molar refractivity (Wildman–Crippen MR) is 59.1 cm³/mol. The molecule has 0 spiro atoms. The van der Waals surface area contributed by atoms with Crippen molar-refractivity contribution in [3.05, 3.63) is 46.5 Å². The van der Waals surface area contributed by atoms with Crippen molar-refractivity contribution in [1.29, 1.82) is 0 Å². The van der Waals surface area contributed by atoms with Crippen LogP contribution in [0.15, 0.2) is 29.6 Å². The average molecular weight is 218 g/mol. The van der Waals surface area contributed by atoms with E-state index in [1.54, 1.807) is 5.38 Å². The van der Waals surface area contributed by atoms with Crippen molar-refractivity contribution < 1.29 is 4.79 Å². The molecule has 0 fully saturated rings. The molecule has 0 aliphatic heterocycles. The van der Waals surface area contributed by atoms with E-state index < -0.39 is 0 Å². The molecule has 15 heavy (non-hydrogen) atoms. The maximum Gasteiger partial charge on any atom is 0.168 e. The third-order valence-corrected chi connectivity index (χ3v) is 2.67. The maximum absolute atomic E-state index is 11.8. The molecule has 0 bridgehead atoms. The van der Waals surface area contributed by atoms with Gasteiger partial charge in [-0.25, -0.2) is 0 Å². The van der Waals surface area contributed by atoms with Crippen LogP contribution < -0.4 is 0 Å². The number of ketones is 1. The number of carbonyl (C=O) groups excluding carboxylic acids is 1. The fraction of sp³-hybridized carbons (Fsp3) is 0.182. The van der Waals surface area contributed by atoms with Crippen molar-refractivity contribution in [2.75, 3.05) is 0 Å². The summed E-state index contributed by atoms with van der Waals surface area (Å²) in [7, 11) is 0. The van der Waals surface area contributed by atoms with Gasteiger partial charge in [0.15, 0.2) is 5.78 Å². The highest BCUT2D eigenvalue weighted by atomic mass is 32.1. The zero-order chi connectivity index (χ0) is 10.7. The Kier molecular flexibility index (Phi) is 2.87. The van der Waals surface area contributed by atoms with Crippen LogP contribution in [-0.2, 0) is 6.42 Å². The molecule has 0 saturated carbocycles. The van der Waals surface area contributed by atoms with Crippen molar-refractivity contribution in [2.45, 2.75) is 13.3 Å². The van der Waals surface area contributed by atoms with E-state index in [0.717, 1.165) is 16.8 Å². The van der Waals surface area contributed by atoms with Crippen molar-refractivity contribution >= 4 is 17.3 Å². The Morgan fingerprint density at radius 1 is 1.33 bits per heavy atom. The van der Waals surface area contributed by atoms with Crippen LogP contribution in [0.4, 0.5) is 0 Å². The lowest BCUT2D eigenvalue weighted by Crippen LogP contribution is -2.03. The van der Waals surface area contributed by atoms with Crippen LogP contribution in [0.1, 0.15) is 21.6 Å². The van der Waals surface area contributed by atoms with E-state index in [0.29, 0.717) is 6.42 Å². The van der Waals surface area contributed by atoms with E-state index >= 15 is 0 Å². The van der Waals surface area contributed by atoms with E-state index in [1.807, 2.05) is 31.2 Å². The Morgan fingerprint density at radius 2 is 2.07 bits per heavy atom. The maximum atomic E-state index is 11.8. The predicted octanol–water partition coefficient (Wildman–Crippen LogP) is 2.27. The van der Waals surface area contributed by atoms with Crippen LogP contribution >= 0.6 is 11.5 Å². The van der Waals surface area contributed by atoms with E-state index in [4.69, 9.17) is 0 Å². The van der Waals surface area contributed by atoms with Gasteiger partial charge in [0.2, 0.25) is 0 Å². The van der Waals surface area contributed by atoms with Gasteiger partial charge in [-0.1, -0.05) is 34.3 Å². The summed E-state index contributed by atoms with van der Waals surface area (Å²) in [5.41, 5.74) is 2.63. The van der Waals surface area contributed by atoms with Crippen LogP contribution in [0, 0.1) is 6.92 Å². The molecule has 2 rings (SSSR count). The lowest BCUT2D eigenvalue weighted by Gasteiger charge is -1.98. The number of nitrogens with zero attached hydrogens (tertiary/aromatic N) is 2. The molecular weight excluding hydrogens is 208 g/mol. The number of aryl methyl sites for hydroxylation is 1. The Labute approximate surface area is 91.9 Å². The zero-order valence-electron chi connectivity index (χ0n) is 8.30. The van der Waals surface area contributed by atoms with Gasteiger partial charge in [0, 0.05) is 10.9 Å². The molecule has 0 N–H and O–H groups in total.